The van der Waals surface area contributed by atoms with Crippen molar-refractivity contribution in [2.45, 2.75) is 32.5 Å². The minimum absolute atomic E-state index is 0.00122. The van der Waals surface area contributed by atoms with Crippen molar-refractivity contribution in [1.82, 2.24) is 25.2 Å². The van der Waals surface area contributed by atoms with Crippen LogP contribution >= 0.6 is 12.2 Å². The number of aryl methyl sites for hydroxylation is 2. The highest BCUT2D eigenvalue weighted by Gasteiger charge is 2.40. The minimum Gasteiger partial charge on any atom is -0.362 e. The van der Waals surface area contributed by atoms with Crippen LogP contribution in [-0.4, -0.2) is 25.0 Å². The molecule has 2 N–H and O–H groups in total. The molecular weight excluding hydrogens is 342 g/mol. The lowest BCUT2D eigenvalue weighted by Gasteiger charge is -2.27. The maximum atomic E-state index is 5.69. The first-order chi connectivity index (χ1) is 12.6. The summed E-state index contributed by atoms with van der Waals surface area (Å²) >= 11 is 5.69. The van der Waals surface area contributed by atoms with Crippen molar-refractivity contribution < 1.29 is 0 Å². The normalized spacial score (nSPS) is 19.6. The van der Waals surface area contributed by atoms with E-state index in [9.17, 15) is 0 Å². The van der Waals surface area contributed by atoms with E-state index in [-0.39, 0.29) is 12.1 Å². The Hall–Kier alpha value is -2.73. The topological polar surface area (TPSA) is 56.8 Å². The third-order valence-corrected chi connectivity index (χ3v) is 5.12. The number of H-pyrrole nitrogens is 1. The molecule has 5 nitrogen and oxygen atoms in total. The van der Waals surface area contributed by atoms with Gasteiger partial charge in [0.05, 0.1) is 30.0 Å². The molecule has 0 bridgehead atoms. The van der Waals surface area contributed by atoms with Crippen LogP contribution in [0.2, 0.25) is 0 Å². The zero-order valence-electron chi connectivity index (χ0n) is 14.8. The molecule has 1 fully saturated rings. The van der Waals surface area contributed by atoms with Crippen molar-refractivity contribution in [3.05, 3.63) is 83.2 Å². The Bertz CT molecular complexity index is 906. The summed E-state index contributed by atoms with van der Waals surface area (Å²) < 4.78 is 0. The SMILES string of the molecule is Cc1cc([C@@H]2[C@@H](c3ccccn3)NC(=S)N2Cc2ccccn2)c(C)[nH]1. The van der Waals surface area contributed by atoms with Gasteiger partial charge in [-0.1, -0.05) is 12.1 Å². The summed E-state index contributed by atoms with van der Waals surface area (Å²) in [7, 11) is 0. The Balaban J connectivity index is 1.76. The van der Waals surface area contributed by atoms with Crippen molar-refractivity contribution >= 4 is 17.3 Å². The number of nitrogens with zero attached hydrogens (tertiary/aromatic N) is 3. The average molecular weight is 363 g/mol. The fourth-order valence-electron chi connectivity index (χ4n) is 3.63. The highest BCUT2D eigenvalue weighted by Crippen LogP contribution is 2.40. The standard InChI is InChI=1S/C20H21N5S/c1-13-11-16(14(2)23-13)19-18(17-8-4-6-10-22-17)24-20(26)25(19)12-15-7-3-5-9-21-15/h3-11,18-19,23H,12H2,1-2H3,(H,24,26)/t18-,19-/m1/s1. The molecule has 0 spiro atoms. The molecule has 0 unspecified atom stereocenters. The summed E-state index contributed by atoms with van der Waals surface area (Å²) in [5.41, 5.74) is 5.52. The number of rotatable bonds is 4. The van der Waals surface area contributed by atoms with E-state index in [0.29, 0.717) is 6.54 Å². The van der Waals surface area contributed by atoms with Gasteiger partial charge in [0.15, 0.2) is 5.11 Å². The fraction of sp³-hybridized carbons (Fsp3) is 0.250. The fourth-order valence-corrected chi connectivity index (χ4v) is 3.94. The number of pyridine rings is 2. The first-order valence-electron chi connectivity index (χ1n) is 8.67. The van der Waals surface area contributed by atoms with Gasteiger partial charge in [-0.05, 0) is 62.0 Å². The number of hydrogen-bond acceptors (Lipinski definition) is 3. The second-order valence-corrected chi connectivity index (χ2v) is 6.99. The molecule has 1 saturated heterocycles. The maximum Gasteiger partial charge on any atom is 0.170 e. The van der Waals surface area contributed by atoms with Crippen LogP contribution in [0.25, 0.3) is 0 Å². The monoisotopic (exact) mass is 363 g/mol. The van der Waals surface area contributed by atoms with Crippen LogP contribution in [0.4, 0.5) is 0 Å². The summed E-state index contributed by atoms with van der Waals surface area (Å²) in [6.45, 7) is 4.85. The number of thiocarbonyl (C=S) groups is 1. The number of hydrogen-bond donors (Lipinski definition) is 2. The van der Waals surface area contributed by atoms with E-state index >= 15 is 0 Å². The van der Waals surface area contributed by atoms with Crippen LogP contribution < -0.4 is 5.32 Å². The summed E-state index contributed by atoms with van der Waals surface area (Å²) in [4.78, 5) is 14.7. The van der Waals surface area contributed by atoms with Gasteiger partial charge < -0.3 is 15.2 Å². The van der Waals surface area contributed by atoms with Gasteiger partial charge in [0, 0.05) is 23.8 Å². The van der Waals surface area contributed by atoms with E-state index in [1.165, 1.54) is 5.56 Å². The molecule has 0 radical (unpaired) electrons. The van der Waals surface area contributed by atoms with Crippen LogP contribution in [0, 0.1) is 13.8 Å². The highest BCUT2D eigenvalue weighted by molar-refractivity contribution is 7.80. The Morgan fingerprint density at radius 1 is 1.08 bits per heavy atom. The molecule has 1 aliphatic heterocycles. The van der Waals surface area contributed by atoms with Crippen molar-refractivity contribution in [3.63, 3.8) is 0 Å². The Morgan fingerprint density at radius 3 is 2.46 bits per heavy atom. The van der Waals surface area contributed by atoms with Gasteiger partial charge in [0.25, 0.3) is 0 Å². The third-order valence-electron chi connectivity index (χ3n) is 4.76. The molecule has 3 aromatic heterocycles. The molecule has 26 heavy (non-hydrogen) atoms. The molecule has 4 rings (SSSR count). The van der Waals surface area contributed by atoms with Crippen molar-refractivity contribution in [2.24, 2.45) is 0 Å². The second-order valence-electron chi connectivity index (χ2n) is 6.61. The van der Waals surface area contributed by atoms with Crippen LogP contribution in [0.3, 0.4) is 0 Å². The molecule has 0 saturated carbocycles. The smallest absolute Gasteiger partial charge is 0.170 e. The van der Waals surface area contributed by atoms with E-state index in [4.69, 9.17) is 12.2 Å². The molecule has 3 aromatic rings. The summed E-state index contributed by atoms with van der Waals surface area (Å²) in [5, 5.41) is 4.21. The first-order valence-corrected chi connectivity index (χ1v) is 9.08. The van der Waals surface area contributed by atoms with Crippen LogP contribution in [0.15, 0.2) is 54.9 Å². The Morgan fingerprint density at radius 2 is 1.85 bits per heavy atom. The Labute approximate surface area is 158 Å². The van der Waals surface area contributed by atoms with E-state index < -0.39 is 0 Å². The van der Waals surface area contributed by atoms with Crippen LogP contribution in [0.5, 0.6) is 0 Å². The number of nitrogens with one attached hydrogen (secondary N) is 2. The van der Waals surface area contributed by atoms with E-state index in [1.807, 2.05) is 48.8 Å². The minimum atomic E-state index is 0.00122. The highest BCUT2D eigenvalue weighted by atomic mass is 32.1. The zero-order chi connectivity index (χ0) is 18.1. The van der Waals surface area contributed by atoms with Crippen LogP contribution in [0.1, 0.15) is 40.4 Å². The quantitative estimate of drug-likeness (QED) is 0.694. The van der Waals surface area contributed by atoms with E-state index in [1.54, 1.807) is 0 Å². The molecule has 0 aliphatic carbocycles. The van der Waals surface area contributed by atoms with Gasteiger partial charge in [-0.25, -0.2) is 0 Å². The summed E-state index contributed by atoms with van der Waals surface area (Å²) in [6, 6.07) is 14.2. The molecule has 132 valence electrons. The van der Waals surface area contributed by atoms with E-state index in [0.717, 1.165) is 27.9 Å². The number of aromatic nitrogens is 3. The van der Waals surface area contributed by atoms with Gasteiger partial charge in [-0.2, -0.15) is 0 Å². The van der Waals surface area contributed by atoms with Gasteiger partial charge in [-0.3, -0.25) is 9.97 Å². The largest absolute Gasteiger partial charge is 0.362 e. The molecule has 0 aromatic carbocycles. The Kier molecular flexibility index (Phi) is 4.42. The van der Waals surface area contributed by atoms with Gasteiger partial charge >= 0.3 is 0 Å². The predicted octanol–water partition coefficient (Wildman–Crippen LogP) is 3.59. The zero-order valence-corrected chi connectivity index (χ0v) is 15.6. The van der Waals surface area contributed by atoms with Crippen LogP contribution in [-0.2, 0) is 6.54 Å². The lowest BCUT2D eigenvalue weighted by Crippen LogP contribution is -2.29. The lowest BCUT2D eigenvalue weighted by atomic mass is 9.96. The van der Waals surface area contributed by atoms with Crippen molar-refractivity contribution in [1.29, 1.82) is 0 Å². The maximum absolute atomic E-state index is 5.69. The lowest BCUT2D eigenvalue weighted by molar-refractivity contribution is 0.307. The third kappa shape index (κ3) is 3.08. The summed E-state index contributed by atoms with van der Waals surface area (Å²) in [6.07, 6.45) is 3.65. The second kappa shape index (κ2) is 6.88. The van der Waals surface area contributed by atoms with Crippen molar-refractivity contribution in [3.8, 4) is 0 Å². The summed E-state index contributed by atoms with van der Waals surface area (Å²) in [5.74, 6) is 0. The van der Waals surface area contributed by atoms with Gasteiger partial charge in [0.1, 0.15) is 0 Å². The molecule has 0 amide bonds. The molecule has 4 heterocycles. The molecule has 6 heteroatoms. The number of aromatic amines is 1. The van der Waals surface area contributed by atoms with Gasteiger partial charge in [0.2, 0.25) is 0 Å². The molecule has 2 atom stereocenters. The van der Waals surface area contributed by atoms with Crippen molar-refractivity contribution in [2.75, 3.05) is 0 Å². The predicted molar refractivity (Wildman–Crippen MR) is 105 cm³/mol. The molecular formula is C20H21N5S. The first kappa shape index (κ1) is 16.7. The van der Waals surface area contributed by atoms with E-state index in [2.05, 4.69) is 45.1 Å². The average Bonchev–Trinajstić information content (AvgIpc) is 3.15. The molecule has 1 aliphatic rings. The van der Waals surface area contributed by atoms with Gasteiger partial charge in [-0.15, -0.1) is 0 Å².